The number of hydrogen-bond acceptors (Lipinski definition) is 3. The van der Waals surface area contributed by atoms with E-state index in [1.807, 2.05) is 25.1 Å². The minimum atomic E-state index is 0.0795. The average Bonchev–Trinajstić information content (AvgIpc) is 2.41. The van der Waals surface area contributed by atoms with Gasteiger partial charge in [0.15, 0.2) is 0 Å². The van der Waals surface area contributed by atoms with Crippen LogP contribution in [0.4, 0.5) is 5.69 Å². The van der Waals surface area contributed by atoms with Gasteiger partial charge in [0, 0.05) is 13.1 Å². The Bertz CT molecular complexity index is 431. The Morgan fingerprint density at radius 3 is 2.89 bits per heavy atom. The van der Waals surface area contributed by atoms with Gasteiger partial charge in [-0.25, -0.2) is 0 Å². The number of anilines is 1. The van der Waals surface area contributed by atoms with Gasteiger partial charge in [0.2, 0.25) is 5.91 Å². The van der Waals surface area contributed by atoms with E-state index in [1.165, 1.54) is 0 Å². The number of halogens is 1. The average molecular weight is 269 g/mol. The molecule has 18 heavy (non-hydrogen) atoms. The fourth-order valence-electron chi connectivity index (χ4n) is 1.88. The number of aryl methyl sites for hydroxylation is 1. The molecule has 0 bridgehead atoms. The molecule has 1 N–H and O–H groups in total. The first kappa shape index (κ1) is 13.2. The molecule has 98 valence electrons. The predicted octanol–water partition coefficient (Wildman–Crippen LogP) is 1.92. The van der Waals surface area contributed by atoms with E-state index in [0.29, 0.717) is 31.3 Å². The van der Waals surface area contributed by atoms with Gasteiger partial charge in [0.25, 0.3) is 0 Å². The van der Waals surface area contributed by atoms with Crippen LogP contribution in [-0.2, 0) is 9.53 Å². The first-order valence-corrected chi connectivity index (χ1v) is 6.41. The maximum absolute atomic E-state index is 11.9. The Labute approximate surface area is 112 Å². The van der Waals surface area contributed by atoms with Gasteiger partial charge in [-0.2, -0.15) is 0 Å². The number of carbonyl (C=O) groups excluding carboxylic acids is 1. The second-order valence-electron chi connectivity index (χ2n) is 4.28. The Hall–Kier alpha value is -1.26. The highest BCUT2D eigenvalue weighted by Gasteiger charge is 2.16. The number of nitrogens with one attached hydrogen (secondary N) is 1. The van der Waals surface area contributed by atoms with E-state index in [9.17, 15) is 4.79 Å². The van der Waals surface area contributed by atoms with Crippen LogP contribution < -0.4 is 5.32 Å². The van der Waals surface area contributed by atoms with Crippen LogP contribution in [0.2, 0.25) is 5.02 Å². The smallest absolute Gasteiger partial charge is 0.242 e. The van der Waals surface area contributed by atoms with E-state index in [2.05, 4.69) is 5.32 Å². The molecule has 1 aliphatic rings. The summed E-state index contributed by atoms with van der Waals surface area (Å²) in [6, 6.07) is 5.74. The van der Waals surface area contributed by atoms with Gasteiger partial charge in [0.1, 0.15) is 0 Å². The molecule has 1 aromatic rings. The first-order valence-electron chi connectivity index (χ1n) is 6.03. The highest BCUT2D eigenvalue weighted by molar-refractivity contribution is 6.34. The highest BCUT2D eigenvalue weighted by Crippen LogP contribution is 2.24. The van der Waals surface area contributed by atoms with E-state index < -0.39 is 0 Å². The third kappa shape index (κ3) is 3.15. The van der Waals surface area contributed by atoms with Gasteiger partial charge >= 0.3 is 0 Å². The number of ether oxygens (including phenoxy) is 1. The molecule has 2 rings (SSSR count). The van der Waals surface area contributed by atoms with E-state index >= 15 is 0 Å². The van der Waals surface area contributed by atoms with E-state index in [4.69, 9.17) is 16.3 Å². The molecule has 1 fully saturated rings. The molecule has 1 aliphatic heterocycles. The molecular weight excluding hydrogens is 252 g/mol. The van der Waals surface area contributed by atoms with Crippen molar-refractivity contribution in [3.8, 4) is 0 Å². The summed E-state index contributed by atoms with van der Waals surface area (Å²) in [6.07, 6.45) is 0. The monoisotopic (exact) mass is 268 g/mol. The van der Waals surface area contributed by atoms with Crippen LogP contribution in [0.15, 0.2) is 18.2 Å². The summed E-state index contributed by atoms with van der Waals surface area (Å²) in [5, 5.41) is 3.76. The summed E-state index contributed by atoms with van der Waals surface area (Å²) in [5.74, 6) is 0.0795. The van der Waals surface area contributed by atoms with Crippen molar-refractivity contribution in [3.63, 3.8) is 0 Å². The normalized spacial score (nSPS) is 15.6. The molecule has 4 nitrogen and oxygen atoms in total. The molecule has 0 atom stereocenters. The molecule has 0 radical (unpaired) electrons. The van der Waals surface area contributed by atoms with Gasteiger partial charge in [-0.05, 0) is 18.6 Å². The minimum absolute atomic E-state index is 0.0795. The van der Waals surface area contributed by atoms with Crippen molar-refractivity contribution >= 4 is 23.2 Å². The summed E-state index contributed by atoms with van der Waals surface area (Å²) in [6.45, 7) is 4.79. The Morgan fingerprint density at radius 1 is 1.44 bits per heavy atom. The summed E-state index contributed by atoms with van der Waals surface area (Å²) >= 11 is 6.16. The lowest BCUT2D eigenvalue weighted by molar-refractivity contribution is -0.133. The zero-order chi connectivity index (χ0) is 13.0. The minimum Gasteiger partial charge on any atom is -0.378 e. The number of hydrogen-bond donors (Lipinski definition) is 1. The molecular formula is C13H17ClN2O2. The molecule has 0 aliphatic carbocycles. The van der Waals surface area contributed by atoms with Crippen LogP contribution in [0, 0.1) is 6.92 Å². The van der Waals surface area contributed by atoms with Crippen LogP contribution >= 0.6 is 11.6 Å². The van der Waals surface area contributed by atoms with Crippen molar-refractivity contribution in [1.82, 2.24) is 4.90 Å². The van der Waals surface area contributed by atoms with Crippen molar-refractivity contribution < 1.29 is 9.53 Å². The van der Waals surface area contributed by atoms with Crippen molar-refractivity contribution in [1.29, 1.82) is 0 Å². The third-order valence-electron chi connectivity index (χ3n) is 2.99. The summed E-state index contributed by atoms with van der Waals surface area (Å²) in [5.41, 5.74) is 1.80. The largest absolute Gasteiger partial charge is 0.378 e. The van der Waals surface area contributed by atoms with E-state index in [0.717, 1.165) is 11.3 Å². The zero-order valence-corrected chi connectivity index (χ0v) is 11.2. The van der Waals surface area contributed by atoms with Crippen LogP contribution in [0.25, 0.3) is 0 Å². The number of benzene rings is 1. The van der Waals surface area contributed by atoms with Crippen molar-refractivity contribution in [2.75, 3.05) is 38.2 Å². The predicted molar refractivity (Wildman–Crippen MR) is 72.1 cm³/mol. The SMILES string of the molecule is Cc1cccc(NCC(=O)N2CCOCC2)c1Cl. The lowest BCUT2D eigenvalue weighted by atomic mass is 10.2. The van der Waals surface area contributed by atoms with Gasteiger partial charge in [0.05, 0.1) is 30.5 Å². The van der Waals surface area contributed by atoms with Crippen LogP contribution in [0.1, 0.15) is 5.56 Å². The second-order valence-corrected chi connectivity index (χ2v) is 4.66. The van der Waals surface area contributed by atoms with Crippen molar-refractivity contribution in [2.45, 2.75) is 6.92 Å². The Kier molecular flexibility index (Phi) is 4.44. The molecule has 0 aromatic heterocycles. The molecule has 1 amide bonds. The zero-order valence-electron chi connectivity index (χ0n) is 10.4. The van der Waals surface area contributed by atoms with E-state index in [-0.39, 0.29) is 12.5 Å². The number of nitrogens with zero attached hydrogens (tertiary/aromatic N) is 1. The lowest BCUT2D eigenvalue weighted by Crippen LogP contribution is -2.43. The summed E-state index contributed by atoms with van der Waals surface area (Å²) < 4.78 is 5.21. The molecule has 1 heterocycles. The number of morpholine rings is 1. The molecule has 0 spiro atoms. The summed E-state index contributed by atoms with van der Waals surface area (Å²) in [7, 11) is 0. The lowest BCUT2D eigenvalue weighted by Gasteiger charge is -2.27. The quantitative estimate of drug-likeness (QED) is 0.911. The number of carbonyl (C=O) groups is 1. The fourth-order valence-corrected chi connectivity index (χ4v) is 2.07. The van der Waals surface area contributed by atoms with Gasteiger partial charge in [-0.15, -0.1) is 0 Å². The van der Waals surface area contributed by atoms with Crippen LogP contribution in [0.5, 0.6) is 0 Å². The highest BCUT2D eigenvalue weighted by atomic mass is 35.5. The van der Waals surface area contributed by atoms with Gasteiger partial charge < -0.3 is 15.0 Å². The summed E-state index contributed by atoms with van der Waals surface area (Å²) in [4.78, 5) is 13.7. The number of amides is 1. The maximum Gasteiger partial charge on any atom is 0.242 e. The molecule has 0 unspecified atom stereocenters. The Balaban J connectivity index is 1.90. The molecule has 0 saturated carbocycles. The van der Waals surface area contributed by atoms with Crippen molar-refractivity contribution in [3.05, 3.63) is 28.8 Å². The van der Waals surface area contributed by atoms with E-state index in [1.54, 1.807) is 4.90 Å². The molecule has 5 heteroatoms. The van der Waals surface area contributed by atoms with Crippen LogP contribution in [0.3, 0.4) is 0 Å². The molecule has 1 aromatic carbocycles. The maximum atomic E-state index is 11.9. The van der Waals surface area contributed by atoms with Gasteiger partial charge in [-0.3, -0.25) is 4.79 Å². The van der Waals surface area contributed by atoms with Crippen molar-refractivity contribution in [2.24, 2.45) is 0 Å². The standard InChI is InChI=1S/C13H17ClN2O2/c1-10-3-2-4-11(13(10)14)15-9-12(17)16-5-7-18-8-6-16/h2-4,15H,5-9H2,1H3. The first-order chi connectivity index (χ1) is 8.68. The fraction of sp³-hybridized carbons (Fsp3) is 0.462. The van der Waals surface area contributed by atoms with Crippen LogP contribution in [-0.4, -0.2) is 43.7 Å². The topological polar surface area (TPSA) is 41.6 Å². The Morgan fingerprint density at radius 2 is 2.17 bits per heavy atom. The molecule has 1 saturated heterocycles. The van der Waals surface area contributed by atoms with Gasteiger partial charge in [-0.1, -0.05) is 23.7 Å². The third-order valence-corrected chi connectivity index (χ3v) is 3.49. The number of rotatable bonds is 3. The second kappa shape index (κ2) is 6.07.